The van der Waals surface area contributed by atoms with Crippen LogP contribution in [0.1, 0.15) is 29.2 Å². The van der Waals surface area contributed by atoms with Crippen molar-refractivity contribution in [3.8, 4) is 28.7 Å². The summed E-state index contributed by atoms with van der Waals surface area (Å²) in [4.78, 5) is 13.0. The second-order valence-corrected chi connectivity index (χ2v) is 7.56. The molecule has 0 aliphatic carbocycles. The van der Waals surface area contributed by atoms with Gasteiger partial charge in [0.15, 0.2) is 23.0 Å². The molecule has 7 nitrogen and oxygen atoms in total. The average molecular weight is 469 g/mol. The number of hydrogen-bond acceptors (Lipinski definition) is 6. The van der Waals surface area contributed by atoms with E-state index in [9.17, 15) is 23.1 Å². The van der Waals surface area contributed by atoms with Gasteiger partial charge < -0.3 is 29.0 Å². The molecule has 33 heavy (non-hydrogen) atoms. The summed E-state index contributed by atoms with van der Waals surface area (Å²) in [5, 5.41) is 10.3. The number of carbonyl (C=O) groups is 1. The monoisotopic (exact) mass is 469 g/mol. The third-order valence-corrected chi connectivity index (χ3v) is 5.73. The zero-order valence-corrected chi connectivity index (χ0v) is 18.8. The highest BCUT2D eigenvalue weighted by Gasteiger charge is 2.46. The van der Waals surface area contributed by atoms with Crippen LogP contribution in [0.25, 0.3) is 0 Å². The number of hydrogen-bond donors (Lipinski definition) is 1. The van der Waals surface area contributed by atoms with E-state index in [1.807, 2.05) is 0 Å². The van der Waals surface area contributed by atoms with Crippen LogP contribution in [0.15, 0.2) is 24.3 Å². The van der Waals surface area contributed by atoms with Crippen LogP contribution in [-0.2, 0) is 17.6 Å². The van der Waals surface area contributed by atoms with Crippen LogP contribution < -0.4 is 18.9 Å². The molecule has 1 N–H and O–H groups in total. The average Bonchev–Trinajstić information content (AvgIpc) is 2.80. The normalized spacial score (nSPS) is 15.6. The highest BCUT2D eigenvalue weighted by atomic mass is 19.4. The van der Waals surface area contributed by atoms with Gasteiger partial charge in [-0.2, -0.15) is 13.2 Å². The Hall–Kier alpha value is -3.30. The highest BCUT2D eigenvalue weighted by molar-refractivity contribution is 5.82. The molecular weight excluding hydrogens is 443 g/mol. The maximum Gasteiger partial charge on any atom is 0.471 e. The van der Waals surface area contributed by atoms with Gasteiger partial charge in [0, 0.05) is 6.54 Å². The Bertz CT molecular complexity index is 999. The zero-order chi connectivity index (χ0) is 24.3. The minimum Gasteiger partial charge on any atom is -0.504 e. The van der Waals surface area contributed by atoms with E-state index >= 15 is 0 Å². The number of nitrogens with zero attached hydrogens (tertiary/aromatic N) is 1. The van der Waals surface area contributed by atoms with Crippen LogP contribution >= 0.6 is 0 Å². The van der Waals surface area contributed by atoms with Crippen molar-refractivity contribution >= 4 is 5.91 Å². The summed E-state index contributed by atoms with van der Waals surface area (Å²) in [5.41, 5.74) is 1.92. The highest BCUT2D eigenvalue weighted by Crippen LogP contribution is 2.42. The molecule has 0 bridgehead atoms. The molecule has 0 fully saturated rings. The van der Waals surface area contributed by atoms with Gasteiger partial charge in [-0.3, -0.25) is 4.79 Å². The number of carbonyl (C=O) groups excluding carboxylic acids is 1. The van der Waals surface area contributed by atoms with Crippen molar-refractivity contribution in [2.24, 2.45) is 0 Å². The molecule has 1 atom stereocenters. The molecule has 3 rings (SSSR count). The molecule has 2 aromatic carbocycles. The molecule has 1 heterocycles. The largest absolute Gasteiger partial charge is 0.504 e. The van der Waals surface area contributed by atoms with E-state index in [2.05, 4.69) is 0 Å². The van der Waals surface area contributed by atoms with Gasteiger partial charge in [-0.25, -0.2) is 0 Å². The summed E-state index contributed by atoms with van der Waals surface area (Å²) in [6, 6.07) is 5.52. The van der Waals surface area contributed by atoms with Gasteiger partial charge in [0.2, 0.25) is 5.75 Å². The second-order valence-electron chi connectivity index (χ2n) is 7.56. The fourth-order valence-corrected chi connectivity index (χ4v) is 4.18. The van der Waals surface area contributed by atoms with E-state index < -0.39 is 18.1 Å². The van der Waals surface area contributed by atoms with Crippen LogP contribution in [0.2, 0.25) is 0 Å². The first-order valence-corrected chi connectivity index (χ1v) is 10.2. The number of alkyl halides is 3. The number of amides is 1. The van der Waals surface area contributed by atoms with Crippen molar-refractivity contribution in [3.05, 3.63) is 41.0 Å². The van der Waals surface area contributed by atoms with Crippen molar-refractivity contribution in [1.29, 1.82) is 0 Å². The molecule has 10 heteroatoms. The van der Waals surface area contributed by atoms with Gasteiger partial charge in [0.1, 0.15) is 0 Å². The quantitative estimate of drug-likeness (QED) is 0.660. The Morgan fingerprint density at radius 2 is 1.61 bits per heavy atom. The van der Waals surface area contributed by atoms with E-state index in [4.69, 9.17) is 18.9 Å². The molecule has 0 unspecified atom stereocenters. The number of aryl methyl sites for hydroxylation is 1. The van der Waals surface area contributed by atoms with Crippen molar-refractivity contribution in [3.63, 3.8) is 0 Å². The summed E-state index contributed by atoms with van der Waals surface area (Å²) in [6.07, 6.45) is -4.29. The first-order chi connectivity index (χ1) is 15.6. The van der Waals surface area contributed by atoms with Crippen molar-refractivity contribution in [2.45, 2.75) is 31.5 Å². The lowest BCUT2D eigenvalue weighted by Gasteiger charge is -2.38. The lowest BCUT2D eigenvalue weighted by Crippen LogP contribution is -2.46. The summed E-state index contributed by atoms with van der Waals surface area (Å²) in [6.45, 7) is -0.0980. The number of ether oxygens (including phenoxy) is 4. The van der Waals surface area contributed by atoms with Crippen molar-refractivity contribution in [2.75, 3.05) is 35.0 Å². The standard InChI is InChI=1S/C23H26F3NO6/c1-30-18-11-14-7-8-27(22(29)23(24,25)26)16(15(14)12-17(18)28)6-5-13-9-19(31-2)21(33-4)20(10-13)32-3/h9-12,16,28H,5-8H2,1-4H3/t16-/m0/s1. The molecule has 1 amide bonds. The van der Waals surface area contributed by atoms with Gasteiger partial charge in [-0.05, 0) is 60.2 Å². The maximum atomic E-state index is 13.3. The summed E-state index contributed by atoms with van der Waals surface area (Å²) in [7, 11) is 5.81. The van der Waals surface area contributed by atoms with E-state index in [-0.39, 0.29) is 30.9 Å². The Morgan fingerprint density at radius 3 is 2.12 bits per heavy atom. The molecule has 2 aromatic rings. The van der Waals surface area contributed by atoms with E-state index in [0.29, 0.717) is 29.2 Å². The van der Waals surface area contributed by atoms with E-state index in [1.165, 1.54) is 34.5 Å². The Balaban J connectivity index is 1.99. The lowest BCUT2D eigenvalue weighted by atomic mass is 9.88. The lowest BCUT2D eigenvalue weighted by molar-refractivity contribution is -0.188. The van der Waals surface area contributed by atoms with Crippen LogP contribution in [0.4, 0.5) is 13.2 Å². The molecule has 0 aromatic heterocycles. The molecule has 0 spiro atoms. The summed E-state index contributed by atoms with van der Waals surface area (Å²) in [5.74, 6) is -0.637. The number of rotatable bonds is 7. The first-order valence-electron chi connectivity index (χ1n) is 10.2. The fraction of sp³-hybridized carbons (Fsp3) is 0.435. The molecule has 1 aliphatic rings. The molecule has 0 saturated heterocycles. The first kappa shape index (κ1) is 24.3. The Labute approximate surface area is 189 Å². The van der Waals surface area contributed by atoms with Crippen molar-refractivity contribution < 1.29 is 42.0 Å². The van der Waals surface area contributed by atoms with Gasteiger partial charge in [0.05, 0.1) is 34.5 Å². The molecular formula is C23H26F3NO6. The predicted octanol–water partition coefficient (Wildman–Crippen LogP) is 4.05. The smallest absolute Gasteiger partial charge is 0.471 e. The van der Waals surface area contributed by atoms with Crippen molar-refractivity contribution in [1.82, 2.24) is 4.90 Å². The van der Waals surface area contributed by atoms with Gasteiger partial charge in [-0.1, -0.05) is 0 Å². The maximum absolute atomic E-state index is 13.3. The molecule has 1 aliphatic heterocycles. The topological polar surface area (TPSA) is 77.5 Å². The summed E-state index contributed by atoms with van der Waals surface area (Å²) < 4.78 is 61.1. The number of methoxy groups -OCH3 is 4. The zero-order valence-electron chi connectivity index (χ0n) is 18.8. The van der Waals surface area contributed by atoms with Gasteiger partial charge in [-0.15, -0.1) is 0 Å². The predicted molar refractivity (Wildman–Crippen MR) is 113 cm³/mol. The van der Waals surface area contributed by atoms with Crippen LogP contribution in [-0.4, -0.2) is 57.1 Å². The number of halogens is 3. The number of phenols is 1. The van der Waals surface area contributed by atoms with Gasteiger partial charge in [0.25, 0.3) is 0 Å². The second kappa shape index (κ2) is 9.68. The Morgan fingerprint density at radius 1 is 1.00 bits per heavy atom. The van der Waals surface area contributed by atoms with E-state index in [1.54, 1.807) is 18.2 Å². The van der Waals surface area contributed by atoms with Gasteiger partial charge >= 0.3 is 12.1 Å². The number of fused-ring (bicyclic) bond motifs is 1. The molecule has 0 saturated carbocycles. The molecule has 180 valence electrons. The Kier molecular flexibility index (Phi) is 7.14. The minimum absolute atomic E-state index is 0.0980. The fourth-order valence-electron chi connectivity index (χ4n) is 4.18. The minimum atomic E-state index is -5.00. The summed E-state index contributed by atoms with van der Waals surface area (Å²) >= 11 is 0. The number of phenolic OH excluding ortho intramolecular Hbond substituents is 1. The SMILES string of the molecule is COc1cc2c(cc1O)[C@H](CCc1cc(OC)c(OC)c(OC)c1)N(C(=O)C(F)(F)F)CC2. The van der Waals surface area contributed by atoms with Crippen LogP contribution in [0, 0.1) is 0 Å². The third kappa shape index (κ3) is 4.89. The number of benzene rings is 2. The van der Waals surface area contributed by atoms with Crippen LogP contribution in [0.5, 0.6) is 28.7 Å². The molecule has 0 radical (unpaired) electrons. The van der Waals surface area contributed by atoms with E-state index in [0.717, 1.165) is 16.0 Å². The number of aromatic hydroxyl groups is 1. The third-order valence-electron chi connectivity index (χ3n) is 5.73. The van der Waals surface area contributed by atoms with Crippen LogP contribution in [0.3, 0.4) is 0 Å².